The Morgan fingerprint density at radius 2 is 1.75 bits per heavy atom. The fourth-order valence-electron chi connectivity index (χ4n) is 2.38. The molecular weight excluding hydrogens is 218 g/mol. The van der Waals surface area contributed by atoms with Gasteiger partial charge in [0, 0.05) is 12.4 Å². The molecule has 0 saturated carbocycles. The summed E-state index contributed by atoms with van der Waals surface area (Å²) in [6.45, 7) is 2.07. The van der Waals surface area contributed by atoms with E-state index >= 15 is 0 Å². The van der Waals surface area contributed by atoms with Crippen LogP contribution in [0.25, 0.3) is 16.3 Å². The van der Waals surface area contributed by atoms with Crippen molar-refractivity contribution in [2.45, 2.75) is 6.92 Å². The highest BCUT2D eigenvalue weighted by molar-refractivity contribution is 6.35. The molecule has 0 saturated heterocycles. The Bertz CT molecular complexity index is 608. The first-order valence-electron chi connectivity index (χ1n) is 5.32. The van der Waals surface area contributed by atoms with Gasteiger partial charge in [0.15, 0.2) is 0 Å². The van der Waals surface area contributed by atoms with Crippen LogP contribution in [0.5, 0.6) is 0 Å². The molecule has 1 aliphatic rings. The van der Waals surface area contributed by atoms with Crippen LogP contribution in [-0.4, -0.2) is 7.05 Å². The minimum absolute atomic E-state index is 0.811. The van der Waals surface area contributed by atoms with Gasteiger partial charge in [-0.15, -0.1) is 0 Å². The van der Waals surface area contributed by atoms with Gasteiger partial charge >= 0.3 is 0 Å². The van der Waals surface area contributed by atoms with Gasteiger partial charge in [0.05, 0.1) is 5.69 Å². The summed E-state index contributed by atoms with van der Waals surface area (Å²) in [7, 11) is 2.01. The molecule has 0 radical (unpaired) electrons. The van der Waals surface area contributed by atoms with Gasteiger partial charge in [-0.2, -0.15) is 0 Å². The van der Waals surface area contributed by atoms with Gasteiger partial charge in [0.2, 0.25) is 0 Å². The highest BCUT2D eigenvalue weighted by Gasteiger charge is 2.20. The Labute approximate surface area is 99.9 Å². The molecule has 0 spiro atoms. The van der Waals surface area contributed by atoms with Crippen LogP contribution in [0.4, 0.5) is 5.69 Å². The SMILES string of the molecule is CC1=C(Cl)N(C)c2cccc3cccc1c23. The number of anilines is 1. The molecule has 0 atom stereocenters. The Morgan fingerprint density at radius 3 is 2.50 bits per heavy atom. The summed E-state index contributed by atoms with van der Waals surface area (Å²) in [4.78, 5) is 2.05. The van der Waals surface area contributed by atoms with Crippen molar-refractivity contribution in [3.05, 3.63) is 47.1 Å². The lowest BCUT2D eigenvalue weighted by atomic mass is 9.95. The maximum absolute atomic E-state index is 6.34. The molecular formula is C14H12ClN. The third-order valence-corrected chi connectivity index (χ3v) is 3.79. The molecule has 0 bridgehead atoms. The van der Waals surface area contributed by atoms with Crippen LogP contribution in [0.1, 0.15) is 12.5 Å². The number of allylic oxidation sites excluding steroid dienone is 1. The topological polar surface area (TPSA) is 3.24 Å². The lowest BCUT2D eigenvalue weighted by Gasteiger charge is -2.28. The molecule has 3 rings (SSSR count). The summed E-state index contributed by atoms with van der Waals surface area (Å²) in [5.41, 5.74) is 3.58. The van der Waals surface area contributed by atoms with Crippen molar-refractivity contribution >= 4 is 33.6 Å². The molecule has 0 aromatic heterocycles. The zero-order valence-corrected chi connectivity index (χ0v) is 10.0. The zero-order valence-electron chi connectivity index (χ0n) is 9.29. The van der Waals surface area contributed by atoms with Crippen molar-refractivity contribution in [3.8, 4) is 0 Å². The van der Waals surface area contributed by atoms with E-state index in [1.54, 1.807) is 0 Å². The summed E-state index contributed by atoms with van der Waals surface area (Å²) < 4.78 is 0. The van der Waals surface area contributed by atoms with Crippen molar-refractivity contribution in [3.63, 3.8) is 0 Å². The molecule has 80 valence electrons. The third-order valence-electron chi connectivity index (χ3n) is 3.25. The monoisotopic (exact) mass is 229 g/mol. The van der Waals surface area contributed by atoms with Gasteiger partial charge < -0.3 is 4.90 Å². The van der Waals surface area contributed by atoms with Crippen molar-refractivity contribution in [2.75, 3.05) is 11.9 Å². The Morgan fingerprint density at radius 1 is 1.06 bits per heavy atom. The Balaban J connectivity index is 2.52. The zero-order chi connectivity index (χ0) is 11.3. The van der Waals surface area contributed by atoms with Crippen LogP contribution in [0, 0.1) is 0 Å². The maximum Gasteiger partial charge on any atom is 0.112 e. The molecule has 0 amide bonds. The molecule has 2 heteroatoms. The summed E-state index contributed by atoms with van der Waals surface area (Å²) in [5.74, 6) is 0. The van der Waals surface area contributed by atoms with Crippen molar-refractivity contribution in [2.24, 2.45) is 0 Å². The molecule has 1 heterocycles. The number of rotatable bonds is 0. The molecule has 2 aromatic carbocycles. The molecule has 0 unspecified atom stereocenters. The molecule has 1 aliphatic heterocycles. The van der Waals surface area contributed by atoms with Crippen LogP contribution in [0.15, 0.2) is 41.6 Å². The van der Waals surface area contributed by atoms with Crippen LogP contribution < -0.4 is 4.90 Å². The van der Waals surface area contributed by atoms with Crippen LogP contribution in [0.2, 0.25) is 0 Å². The average Bonchev–Trinajstić information content (AvgIpc) is 2.33. The first kappa shape index (κ1) is 9.73. The van der Waals surface area contributed by atoms with E-state index in [0.717, 1.165) is 10.7 Å². The summed E-state index contributed by atoms with van der Waals surface area (Å²) >= 11 is 6.34. The van der Waals surface area contributed by atoms with E-state index in [2.05, 4.69) is 43.3 Å². The fraction of sp³-hybridized carbons (Fsp3) is 0.143. The predicted molar refractivity (Wildman–Crippen MR) is 70.8 cm³/mol. The van der Waals surface area contributed by atoms with E-state index < -0.39 is 0 Å². The Hall–Kier alpha value is -1.47. The highest BCUT2D eigenvalue weighted by Crippen LogP contribution is 2.41. The second kappa shape index (κ2) is 3.26. The Kier molecular flexibility index (Phi) is 1.98. The van der Waals surface area contributed by atoms with E-state index in [9.17, 15) is 0 Å². The lowest BCUT2D eigenvalue weighted by molar-refractivity contribution is 1.17. The van der Waals surface area contributed by atoms with Crippen molar-refractivity contribution < 1.29 is 0 Å². The lowest BCUT2D eigenvalue weighted by Crippen LogP contribution is -2.17. The summed E-state index contributed by atoms with van der Waals surface area (Å²) in [6, 6.07) is 12.7. The second-order valence-corrected chi connectivity index (χ2v) is 4.51. The van der Waals surface area contributed by atoms with Crippen molar-refractivity contribution in [1.82, 2.24) is 0 Å². The second-order valence-electron chi connectivity index (χ2n) is 4.16. The maximum atomic E-state index is 6.34. The average molecular weight is 230 g/mol. The predicted octanol–water partition coefficient (Wildman–Crippen LogP) is 4.22. The summed E-state index contributed by atoms with van der Waals surface area (Å²) in [5, 5.41) is 3.38. The largest absolute Gasteiger partial charge is 0.334 e. The third kappa shape index (κ3) is 1.12. The molecule has 0 aliphatic carbocycles. The number of nitrogens with zero attached hydrogens (tertiary/aromatic N) is 1. The van der Waals surface area contributed by atoms with Gasteiger partial charge in [0.1, 0.15) is 5.16 Å². The van der Waals surface area contributed by atoms with E-state index in [-0.39, 0.29) is 0 Å². The molecule has 0 N–H and O–H groups in total. The number of benzene rings is 2. The quantitative estimate of drug-likeness (QED) is 0.612. The first-order valence-corrected chi connectivity index (χ1v) is 5.70. The number of hydrogen-bond donors (Lipinski definition) is 0. The number of halogens is 1. The summed E-state index contributed by atoms with van der Waals surface area (Å²) in [6.07, 6.45) is 0. The minimum Gasteiger partial charge on any atom is -0.334 e. The molecule has 0 fully saturated rings. The van der Waals surface area contributed by atoms with E-state index in [1.807, 2.05) is 11.9 Å². The van der Waals surface area contributed by atoms with E-state index in [4.69, 9.17) is 11.6 Å². The first-order chi connectivity index (χ1) is 7.70. The minimum atomic E-state index is 0.811. The van der Waals surface area contributed by atoms with Gasteiger partial charge in [-0.1, -0.05) is 41.9 Å². The van der Waals surface area contributed by atoms with Gasteiger partial charge in [0.25, 0.3) is 0 Å². The molecule has 16 heavy (non-hydrogen) atoms. The van der Waals surface area contributed by atoms with Gasteiger partial charge in [-0.05, 0) is 29.5 Å². The highest BCUT2D eigenvalue weighted by atomic mass is 35.5. The number of hydrogen-bond acceptors (Lipinski definition) is 1. The molecule has 2 aromatic rings. The smallest absolute Gasteiger partial charge is 0.112 e. The van der Waals surface area contributed by atoms with Gasteiger partial charge in [-0.3, -0.25) is 0 Å². The van der Waals surface area contributed by atoms with Crippen LogP contribution >= 0.6 is 11.6 Å². The fourth-order valence-corrected chi connectivity index (χ4v) is 2.57. The van der Waals surface area contributed by atoms with Crippen LogP contribution in [0.3, 0.4) is 0 Å². The standard InChI is InChI=1S/C14H12ClN/c1-9-11-7-3-5-10-6-4-8-12(13(10)11)16(2)14(9)15/h3-8H,1-2H3. The van der Waals surface area contributed by atoms with Gasteiger partial charge in [-0.25, -0.2) is 0 Å². The molecule has 1 nitrogen and oxygen atoms in total. The normalized spacial score (nSPS) is 14.8. The van der Waals surface area contributed by atoms with Crippen molar-refractivity contribution in [1.29, 1.82) is 0 Å². The van der Waals surface area contributed by atoms with E-state index in [0.29, 0.717) is 0 Å². The van der Waals surface area contributed by atoms with E-state index in [1.165, 1.54) is 22.0 Å². The van der Waals surface area contributed by atoms with Crippen LogP contribution in [-0.2, 0) is 0 Å².